The second-order valence-corrected chi connectivity index (χ2v) is 5.25. The van der Waals surface area contributed by atoms with Gasteiger partial charge < -0.3 is 10.5 Å². The monoisotopic (exact) mass is 273 g/mol. The third-order valence-electron chi connectivity index (χ3n) is 2.19. The van der Waals surface area contributed by atoms with E-state index < -0.39 is 23.5 Å². The maximum atomic E-state index is 12.0. The number of aromatic nitrogens is 1. The Kier molecular flexibility index (Phi) is 4.24. The molecule has 3 N–H and O–H groups in total. The average molecular weight is 274 g/mol. The van der Waals surface area contributed by atoms with Crippen LogP contribution in [0.1, 0.15) is 20.8 Å². The summed E-state index contributed by atoms with van der Waals surface area (Å²) >= 11 is 5.82. The summed E-state index contributed by atoms with van der Waals surface area (Å²) in [5.74, 6) is -0.501. The minimum atomic E-state index is -1.01. The quantitative estimate of drug-likeness (QED) is 0.879. The minimum absolute atomic E-state index is 0.343. The lowest BCUT2D eigenvalue weighted by atomic mass is 9.88. The van der Waals surface area contributed by atoms with Crippen LogP contribution < -0.4 is 11.2 Å². The molecule has 0 aromatic carbocycles. The van der Waals surface area contributed by atoms with E-state index in [9.17, 15) is 9.59 Å². The van der Waals surface area contributed by atoms with E-state index >= 15 is 0 Å². The van der Waals surface area contributed by atoms with Gasteiger partial charge >= 0.3 is 6.09 Å². The Morgan fingerprint density at radius 2 is 2.11 bits per heavy atom. The van der Waals surface area contributed by atoms with Gasteiger partial charge in [-0.15, -0.1) is 0 Å². The lowest BCUT2D eigenvalue weighted by molar-refractivity contribution is -0.130. The van der Waals surface area contributed by atoms with Gasteiger partial charge in [0.05, 0.1) is 0 Å². The fourth-order valence-corrected chi connectivity index (χ4v) is 1.54. The Labute approximate surface area is 110 Å². The van der Waals surface area contributed by atoms with E-state index in [0.29, 0.717) is 5.15 Å². The Morgan fingerprint density at radius 1 is 1.50 bits per heavy atom. The van der Waals surface area contributed by atoms with Gasteiger partial charge in [-0.05, 0) is 12.1 Å². The van der Waals surface area contributed by atoms with Crippen molar-refractivity contribution in [2.45, 2.75) is 26.9 Å². The fourth-order valence-electron chi connectivity index (χ4n) is 1.37. The summed E-state index contributed by atoms with van der Waals surface area (Å²) in [5, 5.41) is 0.343. The van der Waals surface area contributed by atoms with Crippen LogP contribution >= 0.6 is 11.6 Å². The number of nitrogens with one attached hydrogen (secondary N) is 1. The number of rotatable bonds is 3. The molecule has 0 fully saturated rings. The molecule has 1 heterocycles. The molecule has 1 atom stereocenters. The van der Waals surface area contributed by atoms with Crippen LogP contribution in [0.25, 0.3) is 0 Å². The van der Waals surface area contributed by atoms with Crippen LogP contribution in [0.3, 0.4) is 0 Å². The van der Waals surface area contributed by atoms with Crippen LogP contribution in [0.2, 0.25) is 5.15 Å². The first-order valence-corrected chi connectivity index (χ1v) is 5.69. The van der Waals surface area contributed by atoms with Crippen molar-refractivity contribution in [3.8, 4) is 0 Å². The number of primary amides is 1. The molecule has 1 rings (SSSR count). The molecule has 1 unspecified atom stereocenters. The van der Waals surface area contributed by atoms with Crippen LogP contribution in [0.4, 0.5) is 4.79 Å². The van der Waals surface area contributed by atoms with Crippen molar-refractivity contribution < 1.29 is 14.3 Å². The zero-order valence-electron chi connectivity index (χ0n) is 10.4. The topological polar surface area (TPSA) is 86.3 Å². The second kappa shape index (κ2) is 5.30. The van der Waals surface area contributed by atoms with E-state index in [1.54, 1.807) is 39.1 Å². The first kappa shape index (κ1) is 14.4. The molecular formula is C11H16ClN3O3. The molecule has 2 amide bonds. The molecule has 0 bridgehead atoms. The standard InChI is InChI=1S/C11H16ClN3O3/c1-11(2,3)8(18-10(13)17)9(16)14-15-6-4-5-7(15)12/h4-6,8H,1-3H3,(H2,13,17)(H,14,16). The van der Waals surface area contributed by atoms with Crippen LogP contribution in [-0.2, 0) is 9.53 Å². The summed E-state index contributed by atoms with van der Waals surface area (Å²) in [7, 11) is 0. The number of halogens is 1. The van der Waals surface area contributed by atoms with Crippen LogP contribution in [0.15, 0.2) is 18.3 Å². The molecule has 0 spiro atoms. The van der Waals surface area contributed by atoms with Crippen LogP contribution in [0.5, 0.6) is 0 Å². The molecule has 0 aliphatic carbocycles. The van der Waals surface area contributed by atoms with Crippen molar-refractivity contribution in [3.05, 3.63) is 23.5 Å². The number of amides is 2. The molecule has 1 aromatic rings. The van der Waals surface area contributed by atoms with E-state index in [-0.39, 0.29) is 0 Å². The first-order chi connectivity index (χ1) is 8.21. The first-order valence-electron chi connectivity index (χ1n) is 5.31. The van der Waals surface area contributed by atoms with E-state index in [1.807, 2.05) is 0 Å². The van der Waals surface area contributed by atoms with Crippen LogP contribution in [-0.4, -0.2) is 22.8 Å². The molecule has 0 aliphatic rings. The number of carbonyl (C=O) groups is 2. The van der Waals surface area contributed by atoms with E-state index in [2.05, 4.69) is 5.43 Å². The van der Waals surface area contributed by atoms with Crippen molar-refractivity contribution in [1.82, 2.24) is 4.68 Å². The highest BCUT2D eigenvalue weighted by atomic mass is 35.5. The Hall–Kier alpha value is -1.69. The summed E-state index contributed by atoms with van der Waals surface area (Å²) in [6, 6.07) is 3.28. The number of carbonyl (C=O) groups excluding carboxylic acids is 2. The van der Waals surface area contributed by atoms with Gasteiger partial charge in [0, 0.05) is 11.6 Å². The lowest BCUT2D eigenvalue weighted by Crippen LogP contribution is -2.45. The van der Waals surface area contributed by atoms with Gasteiger partial charge in [0.25, 0.3) is 5.91 Å². The molecule has 6 nitrogen and oxygen atoms in total. The van der Waals surface area contributed by atoms with Crippen molar-refractivity contribution in [2.24, 2.45) is 11.1 Å². The maximum absolute atomic E-state index is 12.0. The molecular weight excluding hydrogens is 258 g/mol. The number of nitrogens with zero attached hydrogens (tertiary/aromatic N) is 1. The van der Waals surface area contributed by atoms with Gasteiger partial charge in [0.15, 0.2) is 6.10 Å². The van der Waals surface area contributed by atoms with Gasteiger partial charge in [0.1, 0.15) is 5.15 Å². The smallest absolute Gasteiger partial charge is 0.405 e. The van der Waals surface area contributed by atoms with Gasteiger partial charge in [-0.1, -0.05) is 32.4 Å². The molecule has 7 heteroatoms. The highest BCUT2D eigenvalue weighted by Crippen LogP contribution is 2.23. The predicted molar refractivity (Wildman–Crippen MR) is 67.7 cm³/mol. The van der Waals surface area contributed by atoms with Crippen molar-refractivity contribution in [2.75, 3.05) is 5.43 Å². The highest BCUT2D eigenvalue weighted by molar-refractivity contribution is 6.29. The maximum Gasteiger partial charge on any atom is 0.405 e. The zero-order valence-corrected chi connectivity index (χ0v) is 11.2. The summed E-state index contributed by atoms with van der Waals surface area (Å²) in [6.45, 7) is 5.28. The fraction of sp³-hybridized carbons (Fsp3) is 0.455. The average Bonchev–Trinajstić information content (AvgIpc) is 2.59. The third kappa shape index (κ3) is 3.66. The van der Waals surface area contributed by atoms with E-state index in [4.69, 9.17) is 22.1 Å². The molecule has 0 saturated heterocycles. The largest absolute Gasteiger partial charge is 0.436 e. The van der Waals surface area contributed by atoms with Crippen molar-refractivity contribution in [1.29, 1.82) is 0 Å². The minimum Gasteiger partial charge on any atom is -0.436 e. The number of nitrogens with two attached hydrogens (primary N) is 1. The Bertz CT molecular complexity index is 451. The van der Waals surface area contributed by atoms with Gasteiger partial charge in [-0.2, -0.15) is 0 Å². The number of hydrogen-bond acceptors (Lipinski definition) is 3. The lowest BCUT2D eigenvalue weighted by Gasteiger charge is -2.28. The summed E-state index contributed by atoms with van der Waals surface area (Å²) in [6.07, 6.45) is -0.429. The summed E-state index contributed by atoms with van der Waals surface area (Å²) < 4.78 is 6.16. The van der Waals surface area contributed by atoms with Crippen molar-refractivity contribution >= 4 is 23.6 Å². The third-order valence-corrected chi connectivity index (χ3v) is 2.50. The Morgan fingerprint density at radius 3 is 2.50 bits per heavy atom. The highest BCUT2D eigenvalue weighted by Gasteiger charge is 2.34. The summed E-state index contributed by atoms with van der Waals surface area (Å²) in [5.41, 5.74) is 6.89. The van der Waals surface area contributed by atoms with Gasteiger partial charge in [0.2, 0.25) is 0 Å². The predicted octanol–water partition coefficient (Wildman–Crippen LogP) is 1.72. The van der Waals surface area contributed by atoms with Gasteiger partial charge in [-0.3, -0.25) is 10.2 Å². The van der Waals surface area contributed by atoms with Gasteiger partial charge in [-0.25, -0.2) is 9.47 Å². The SMILES string of the molecule is CC(C)(C)C(OC(N)=O)C(=O)Nn1cccc1Cl. The van der Waals surface area contributed by atoms with Crippen molar-refractivity contribution in [3.63, 3.8) is 0 Å². The molecule has 0 radical (unpaired) electrons. The van der Waals surface area contributed by atoms with E-state index in [1.165, 1.54) is 4.68 Å². The molecule has 1 aromatic heterocycles. The second-order valence-electron chi connectivity index (χ2n) is 4.86. The molecule has 0 saturated carbocycles. The van der Waals surface area contributed by atoms with E-state index in [0.717, 1.165) is 0 Å². The Balaban J connectivity index is 2.83. The molecule has 18 heavy (non-hydrogen) atoms. The van der Waals surface area contributed by atoms with Crippen LogP contribution in [0, 0.1) is 5.41 Å². The zero-order chi connectivity index (χ0) is 13.9. The number of ether oxygens (including phenoxy) is 1. The number of hydrogen-bond donors (Lipinski definition) is 2. The summed E-state index contributed by atoms with van der Waals surface area (Å²) in [4.78, 5) is 22.8. The molecule has 0 aliphatic heterocycles. The molecule has 100 valence electrons. The normalized spacial score (nSPS) is 12.9.